The molecule has 0 unspecified atom stereocenters. The predicted octanol–water partition coefficient (Wildman–Crippen LogP) is 13.4. The first-order valence-electron chi connectivity index (χ1n) is 19.1. The molecule has 0 N–H and O–H groups in total. The highest BCUT2D eigenvalue weighted by Gasteiger charge is 2.22. The van der Waals surface area contributed by atoms with Gasteiger partial charge in [0.25, 0.3) is 0 Å². The SMILES string of the molecule is c1ccc(-c2ccc3c4ccccc4n(-c4nc(-c5cccc6sc7ccccc7c56)nc(-n5c6ccccc6c6ccc(-c7ccccc7)cc65)n4)c3c2)cc1. The number of hydrogen-bond acceptors (Lipinski definition) is 4. The first-order valence-corrected chi connectivity index (χ1v) is 19.9. The van der Waals surface area contributed by atoms with E-state index in [0.29, 0.717) is 17.7 Å². The predicted molar refractivity (Wildman–Crippen MR) is 238 cm³/mol. The van der Waals surface area contributed by atoms with Crippen LogP contribution in [0.3, 0.4) is 0 Å². The number of hydrogen-bond donors (Lipinski definition) is 0. The molecule has 0 spiro atoms. The second kappa shape index (κ2) is 12.6. The van der Waals surface area contributed by atoms with Crippen molar-refractivity contribution in [3.05, 3.63) is 188 Å². The van der Waals surface area contributed by atoms with Crippen LogP contribution in [-0.4, -0.2) is 24.1 Å². The second-order valence-electron chi connectivity index (χ2n) is 14.4. The van der Waals surface area contributed by atoms with Crippen LogP contribution in [0, 0.1) is 0 Å². The molecule has 0 atom stereocenters. The third-order valence-corrected chi connectivity index (χ3v) is 12.4. The third kappa shape index (κ3) is 4.98. The van der Waals surface area contributed by atoms with Crippen molar-refractivity contribution in [1.82, 2.24) is 24.1 Å². The second-order valence-corrected chi connectivity index (χ2v) is 15.5. The molecule has 266 valence electrons. The standard InChI is InChI=1S/C51H31N5S/c1-3-14-32(15-4-1)34-26-28-38-36-18-7-10-22-42(36)55(44(38)30-34)50-52-49(41-21-13-25-47-48(41)40-20-9-12-24-46(40)57-47)53-51(54-50)56-43-23-11-8-19-37(43)39-29-27-35(31-45(39)56)33-16-5-2-6-17-33/h1-31H. The minimum atomic E-state index is 0.563. The molecule has 12 aromatic rings. The Morgan fingerprint density at radius 2 is 0.807 bits per heavy atom. The Bertz CT molecular complexity index is 3350. The van der Waals surface area contributed by atoms with E-state index in [1.807, 2.05) is 0 Å². The highest BCUT2D eigenvalue weighted by Crippen LogP contribution is 2.41. The number of nitrogens with zero attached hydrogens (tertiary/aromatic N) is 5. The summed E-state index contributed by atoms with van der Waals surface area (Å²) in [6.45, 7) is 0. The zero-order valence-electron chi connectivity index (χ0n) is 30.5. The number of benzene rings is 8. The van der Waals surface area contributed by atoms with Gasteiger partial charge in [-0.05, 0) is 58.7 Å². The number of rotatable bonds is 5. The van der Waals surface area contributed by atoms with Gasteiger partial charge >= 0.3 is 0 Å². The fraction of sp³-hybridized carbons (Fsp3) is 0. The van der Waals surface area contributed by atoms with Gasteiger partial charge in [0.2, 0.25) is 11.9 Å². The van der Waals surface area contributed by atoms with Gasteiger partial charge < -0.3 is 0 Å². The summed E-state index contributed by atoms with van der Waals surface area (Å²) < 4.78 is 6.88. The summed E-state index contributed by atoms with van der Waals surface area (Å²) in [7, 11) is 0. The molecule has 0 aliphatic carbocycles. The van der Waals surface area contributed by atoms with Crippen LogP contribution < -0.4 is 0 Å². The van der Waals surface area contributed by atoms with Crippen LogP contribution in [-0.2, 0) is 0 Å². The fourth-order valence-electron chi connectivity index (χ4n) is 8.63. The van der Waals surface area contributed by atoms with Crippen molar-refractivity contribution < 1.29 is 0 Å². The van der Waals surface area contributed by atoms with Crippen LogP contribution in [0.15, 0.2) is 188 Å². The van der Waals surface area contributed by atoms with Crippen molar-refractivity contribution in [3.63, 3.8) is 0 Å². The third-order valence-electron chi connectivity index (χ3n) is 11.2. The Hall–Kier alpha value is -7.41. The molecule has 0 saturated heterocycles. The number of para-hydroxylation sites is 2. The average molecular weight is 746 g/mol. The quantitative estimate of drug-likeness (QED) is 0.176. The van der Waals surface area contributed by atoms with Gasteiger partial charge in [0.15, 0.2) is 5.82 Å². The maximum atomic E-state index is 5.49. The zero-order chi connectivity index (χ0) is 37.5. The zero-order valence-corrected chi connectivity index (χ0v) is 31.4. The Balaban J connectivity index is 1.21. The lowest BCUT2D eigenvalue weighted by Gasteiger charge is -2.14. The van der Waals surface area contributed by atoms with E-state index in [1.54, 1.807) is 11.3 Å². The molecule has 6 heteroatoms. The molecule has 0 aliphatic heterocycles. The highest BCUT2D eigenvalue weighted by atomic mass is 32.1. The lowest BCUT2D eigenvalue weighted by Crippen LogP contribution is -2.10. The van der Waals surface area contributed by atoms with Gasteiger partial charge in [-0.2, -0.15) is 15.0 Å². The van der Waals surface area contributed by atoms with Gasteiger partial charge in [-0.15, -0.1) is 11.3 Å². The van der Waals surface area contributed by atoms with Crippen LogP contribution in [0.25, 0.3) is 109 Å². The van der Waals surface area contributed by atoms with Crippen molar-refractivity contribution in [2.75, 3.05) is 0 Å². The number of fused-ring (bicyclic) bond motifs is 9. The van der Waals surface area contributed by atoms with Gasteiger partial charge in [0.05, 0.1) is 22.1 Å². The largest absolute Gasteiger partial charge is 0.278 e. The molecule has 0 radical (unpaired) electrons. The van der Waals surface area contributed by atoms with Crippen LogP contribution in [0.2, 0.25) is 0 Å². The van der Waals surface area contributed by atoms with Crippen molar-refractivity contribution in [1.29, 1.82) is 0 Å². The van der Waals surface area contributed by atoms with Crippen molar-refractivity contribution in [3.8, 4) is 45.5 Å². The van der Waals surface area contributed by atoms with E-state index in [1.165, 1.54) is 14.8 Å². The molecule has 4 heterocycles. The maximum Gasteiger partial charge on any atom is 0.240 e. The number of thiophene rings is 1. The maximum absolute atomic E-state index is 5.49. The van der Waals surface area contributed by atoms with Crippen LogP contribution in [0.5, 0.6) is 0 Å². The van der Waals surface area contributed by atoms with Gasteiger partial charge in [-0.25, -0.2) is 0 Å². The van der Waals surface area contributed by atoms with E-state index in [4.69, 9.17) is 15.0 Å². The molecular weight excluding hydrogens is 715 g/mol. The summed E-state index contributed by atoms with van der Waals surface area (Å²) in [6, 6.07) is 66.7. The molecule has 0 amide bonds. The van der Waals surface area contributed by atoms with Crippen molar-refractivity contribution in [2.45, 2.75) is 0 Å². The molecule has 0 fully saturated rings. The van der Waals surface area contributed by atoms with Crippen LogP contribution >= 0.6 is 11.3 Å². The van der Waals surface area contributed by atoms with Gasteiger partial charge in [0.1, 0.15) is 0 Å². The summed E-state index contributed by atoms with van der Waals surface area (Å²) in [5.41, 5.74) is 9.70. The van der Waals surface area contributed by atoms with E-state index >= 15 is 0 Å². The van der Waals surface area contributed by atoms with Gasteiger partial charge in [0, 0.05) is 47.3 Å². The molecule has 5 nitrogen and oxygen atoms in total. The molecule has 0 bridgehead atoms. The summed E-state index contributed by atoms with van der Waals surface area (Å²) in [5, 5.41) is 6.93. The topological polar surface area (TPSA) is 48.5 Å². The van der Waals surface area contributed by atoms with E-state index in [2.05, 4.69) is 197 Å². The smallest absolute Gasteiger partial charge is 0.240 e. The monoisotopic (exact) mass is 745 g/mol. The molecule has 0 saturated carbocycles. The minimum Gasteiger partial charge on any atom is -0.278 e. The Morgan fingerprint density at radius 1 is 0.333 bits per heavy atom. The summed E-state index contributed by atoms with van der Waals surface area (Å²) in [5.74, 6) is 1.75. The number of aromatic nitrogens is 5. The van der Waals surface area contributed by atoms with Crippen molar-refractivity contribution in [2.24, 2.45) is 0 Å². The van der Waals surface area contributed by atoms with E-state index < -0.39 is 0 Å². The van der Waals surface area contributed by atoms with Crippen LogP contribution in [0.1, 0.15) is 0 Å². The Morgan fingerprint density at radius 3 is 1.39 bits per heavy atom. The first-order chi connectivity index (χ1) is 28.3. The molecule has 12 rings (SSSR count). The molecule has 57 heavy (non-hydrogen) atoms. The summed E-state index contributed by atoms with van der Waals surface area (Å²) in [4.78, 5) is 16.4. The van der Waals surface area contributed by atoms with Gasteiger partial charge in [-0.1, -0.05) is 152 Å². The summed E-state index contributed by atoms with van der Waals surface area (Å²) >= 11 is 1.80. The fourth-order valence-corrected chi connectivity index (χ4v) is 9.76. The minimum absolute atomic E-state index is 0.563. The summed E-state index contributed by atoms with van der Waals surface area (Å²) in [6.07, 6.45) is 0. The lowest BCUT2D eigenvalue weighted by molar-refractivity contribution is 0.893. The molecule has 4 aromatic heterocycles. The lowest BCUT2D eigenvalue weighted by atomic mass is 10.0. The molecule has 0 aliphatic rings. The van der Waals surface area contributed by atoms with Crippen molar-refractivity contribution >= 4 is 75.1 Å². The van der Waals surface area contributed by atoms with E-state index in [0.717, 1.165) is 76.8 Å². The normalized spacial score (nSPS) is 11.9. The highest BCUT2D eigenvalue weighted by molar-refractivity contribution is 7.25. The molecular formula is C51H31N5S. The first kappa shape index (κ1) is 31.9. The Labute approximate surface area is 331 Å². The average Bonchev–Trinajstić information content (AvgIpc) is 3.94. The van der Waals surface area contributed by atoms with E-state index in [-0.39, 0.29) is 0 Å². The molecule has 8 aromatic carbocycles. The van der Waals surface area contributed by atoms with Crippen LogP contribution in [0.4, 0.5) is 0 Å². The van der Waals surface area contributed by atoms with Gasteiger partial charge in [-0.3, -0.25) is 9.13 Å². The Kier molecular flexibility index (Phi) is 7.03. The van der Waals surface area contributed by atoms with E-state index in [9.17, 15) is 0 Å².